The number of nitrogens with one attached hydrogen (secondary N) is 1. The SMILES string of the molecule is Cc1cc(C)cc(-n2c(C)cc(/C=N/NC(=O)CCSc3ccccc3)c2C)c1. The number of aryl methyl sites for hydroxylation is 3. The van der Waals surface area contributed by atoms with E-state index in [1.165, 1.54) is 16.0 Å². The minimum absolute atomic E-state index is 0.0761. The second-order valence-electron chi connectivity index (χ2n) is 7.21. The molecule has 4 nitrogen and oxygen atoms in total. The molecule has 0 radical (unpaired) electrons. The molecule has 0 saturated heterocycles. The van der Waals surface area contributed by atoms with E-state index < -0.39 is 0 Å². The number of rotatable bonds is 7. The van der Waals surface area contributed by atoms with Crippen LogP contribution in [0.25, 0.3) is 5.69 Å². The molecule has 0 atom stereocenters. The first kappa shape index (κ1) is 20.9. The number of amides is 1. The van der Waals surface area contributed by atoms with Crippen LogP contribution in [-0.2, 0) is 4.79 Å². The van der Waals surface area contributed by atoms with Gasteiger partial charge in [0.1, 0.15) is 0 Å². The number of thioether (sulfide) groups is 1. The van der Waals surface area contributed by atoms with Crippen LogP contribution in [0.2, 0.25) is 0 Å². The molecule has 1 N–H and O–H groups in total. The van der Waals surface area contributed by atoms with Crippen LogP contribution in [0.3, 0.4) is 0 Å². The summed E-state index contributed by atoms with van der Waals surface area (Å²) in [5.74, 6) is 0.653. The second kappa shape index (κ2) is 9.61. The summed E-state index contributed by atoms with van der Waals surface area (Å²) in [6, 6.07) is 18.7. The van der Waals surface area contributed by atoms with Crippen molar-refractivity contribution in [3.05, 3.63) is 82.7 Å². The molecule has 150 valence electrons. The van der Waals surface area contributed by atoms with Crippen molar-refractivity contribution in [2.75, 3.05) is 5.75 Å². The first-order valence-corrected chi connectivity index (χ1v) is 10.7. The topological polar surface area (TPSA) is 46.4 Å². The summed E-state index contributed by atoms with van der Waals surface area (Å²) in [6.45, 7) is 8.38. The Bertz CT molecular complexity index is 1000. The van der Waals surface area contributed by atoms with E-state index in [0.29, 0.717) is 6.42 Å². The normalized spacial score (nSPS) is 11.2. The van der Waals surface area contributed by atoms with Crippen molar-refractivity contribution in [1.29, 1.82) is 0 Å². The molecule has 5 heteroatoms. The van der Waals surface area contributed by atoms with E-state index in [4.69, 9.17) is 0 Å². The molecule has 0 aliphatic heterocycles. The highest BCUT2D eigenvalue weighted by Crippen LogP contribution is 2.22. The molecule has 0 aliphatic carbocycles. The number of nitrogens with zero attached hydrogens (tertiary/aromatic N) is 2. The Hall–Kier alpha value is -2.79. The zero-order valence-electron chi connectivity index (χ0n) is 17.4. The lowest BCUT2D eigenvalue weighted by Gasteiger charge is -2.11. The van der Waals surface area contributed by atoms with Gasteiger partial charge in [-0.25, -0.2) is 5.43 Å². The molecule has 0 saturated carbocycles. The van der Waals surface area contributed by atoms with Gasteiger partial charge in [0, 0.05) is 39.7 Å². The van der Waals surface area contributed by atoms with E-state index >= 15 is 0 Å². The van der Waals surface area contributed by atoms with E-state index in [0.717, 1.165) is 28.4 Å². The average Bonchev–Trinajstić information content (AvgIpc) is 2.95. The van der Waals surface area contributed by atoms with E-state index in [1.54, 1.807) is 18.0 Å². The summed E-state index contributed by atoms with van der Waals surface area (Å²) in [5.41, 5.74) is 9.51. The summed E-state index contributed by atoms with van der Waals surface area (Å²) in [7, 11) is 0. The van der Waals surface area contributed by atoms with Gasteiger partial charge in [0.25, 0.3) is 0 Å². The van der Waals surface area contributed by atoms with E-state index in [1.807, 2.05) is 30.3 Å². The Labute approximate surface area is 177 Å². The molecular formula is C24H27N3OS. The highest BCUT2D eigenvalue weighted by atomic mass is 32.2. The summed E-state index contributed by atoms with van der Waals surface area (Å²) >= 11 is 1.67. The molecule has 3 aromatic rings. The van der Waals surface area contributed by atoms with E-state index in [9.17, 15) is 4.79 Å². The summed E-state index contributed by atoms with van der Waals surface area (Å²) in [6.07, 6.45) is 2.15. The maximum Gasteiger partial charge on any atom is 0.240 e. The average molecular weight is 406 g/mol. The van der Waals surface area contributed by atoms with Crippen LogP contribution in [0.1, 0.15) is 34.5 Å². The van der Waals surface area contributed by atoms with Gasteiger partial charge >= 0.3 is 0 Å². The lowest BCUT2D eigenvalue weighted by Crippen LogP contribution is -2.17. The Kier molecular flexibility index (Phi) is 6.94. The minimum atomic E-state index is -0.0761. The lowest BCUT2D eigenvalue weighted by atomic mass is 10.1. The van der Waals surface area contributed by atoms with Crippen molar-refractivity contribution in [3.63, 3.8) is 0 Å². The van der Waals surface area contributed by atoms with Gasteiger partial charge in [0.15, 0.2) is 0 Å². The molecule has 0 aliphatic rings. The van der Waals surface area contributed by atoms with Crippen molar-refractivity contribution in [3.8, 4) is 5.69 Å². The van der Waals surface area contributed by atoms with Crippen LogP contribution in [-0.4, -0.2) is 22.4 Å². The molecule has 2 aromatic carbocycles. The molecule has 1 aromatic heterocycles. The fourth-order valence-electron chi connectivity index (χ4n) is 3.40. The Morgan fingerprint density at radius 1 is 1.03 bits per heavy atom. The fraction of sp³-hybridized carbons (Fsp3) is 0.250. The highest BCUT2D eigenvalue weighted by Gasteiger charge is 2.10. The Balaban J connectivity index is 1.60. The summed E-state index contributed by atoms with van der Waals surface area (Å²) in [4.78, 5) is 13.2. The number of carbonyl (C=O) groups is 1. The van der Waals surface area contributed by atoms with Crippen LogP contribution in [0.4, 0.5) is 0 Å². The zero-order valence-corrected chi connectivity index (χ0v) is 18.2. The monoisotopic (exact) mass is 405 g/mol. The number of carbonyl (C=O) groups excluding carboxylic acids is 1. The van der Waals surface area contributed by atoms with E-state index in [2.05, 4.69) is 67.1 Å². The summed E-state index contributed by atoms with van der Waals surface area (Å²) in [5, 5.41) is 4.16. The quantitative estimate of drug-likeness (QED) is 0.327. The van der Waals surface area contributed by atoms with Gasteiger partial charge in [-0.05, 0) is 69.2 Å². The van der Waals surface area contributed by atoms with Crippen LogP contribution in [0.5, 0.6) is 0 Å². The third kappa shape index (κ3) is 5.61. The number of hydrogen-bond acceptors (Lipinski definition) is 3. The van der Waals surface area contributed by atoms with Gasteiger partial charge in [-0.3, -0.25) is 4.79 Å². The molecule has 29 heavy (non-hydrogen) atoms. The smallest absolute Gasteiger partial charge is 0.240 e. The molecular weight excluding hydrogens is 378 g/mol. The molecule has 1 heterocycles. The van der Waals surface area contributed by atoms with Crippen molar-refractivity contribution >= 4 is 23.9 Å². The first-order valence-electron chi connectivity index (χ1n) is 9.71. The Morgan fingerprint density at radius 3 is 2.41 bits per heavy atom. The third-order valence-electron chi connectivity index (χ3n) is 4.67. The molecule has 3 rings (SSSR count). The molecule has 0 spiro atoms. The molecule has 0 unspecified atom stereocenters. The van der Waals surface area contributed by atoms with Gasteiger partial charge in [0.05, 0.1) is 6.21 Å². The number of hydrazone groups is 1. The number of aromatic nitrogens is 1. The van der Waals surface area contributed by atoms with Crippen molar-refractivity contribution < 1.29 is 4.79 Å². The van der Waals surface area contributed by atoms with Crippen LogP contribution in [0, 0.1) is 27.7 Å². The molecule has 1 amide bonds. The van der Waals surface area contributed by atoms with Crippen molar-refractivity contribution in [1.82, 2.24) is 9.99 Å². The minimum Gasteiger partial charge on any atom is -0.318 e. The van der Waals surface area contributed by atoms with Gasteiger partial charge in [-0.15, -0.1) is 11.8 Å². The van der Waals surface area contributed by atoms with Crippen molar-refractivity contribution in [2.24, 2.45) is 5.10 Å². The highest BCUT2D eigenvalue weighted by molar-refractivity contribution is 7.99. The van der Waals surface area contributed by atoms with Gasteiger partial charge in [-0.1, -0.05) is 24.3 Å². The summed E-state index contributed by atoms with van der Waals surface area (Å²) < 4.78 is 2.22. The predicted octanol–water partition coefficient (Wildman–Crippen LogP) is 5.34. The van der Waals surface area contributed by atoms with Gasteiger partial charge in [0.2, 0.25) is 5.91 Å². The maximum absolute atomic E-state index is 12.0. The zero-order chi connectivity index (χ0) is 20.8. The van der Waals surface area contributed by atoms with Crippen LogP contribution < -0.4 is 5.43 Å². The Morgan fingerprint density at radius 2 is 1.72 bits per heavy atom. The maximum atomic E-state index is 12.0. The van der Waals surface area contributed by atoms with Crippen molar-refractivity contribution in [2.45, 2.75) is 39.0 Å². The molecule has 0 fully saturated rings. The third-order valence-corrected chi connectivity index (χ3v) is 5.68. The van der Waals surface area contributed by atoms with Crippen LogP contribution >= 0.6 is 11.8 Å². The van der Waals surface area contributed by atoms with Crippen LogP contribution in [0.15, 0.2) is 64.6 Å². The number of hydrogen-bond donors (Lipinski definition) is 1. The predicted molar refractivity (Wildman–Crippen MR) is 122 cm³/mol. The largest absolute Gasteiger partial charge is 0.318 e. The number of benzene rings is 2. The lowest BCUT2D eigenvalue weighted by molar-refractivity contribution is -0.120. The van der Waals surface area contributed by atoms with Gasteiger partial charge < -0.3 is 4.57 Å². The second-order valence-corrected chi connectivity index (χ2v) is 8.38. The molecule has 0 bridgehead atoms. The standard InChI is InChI=1S/C24H27N3OS/c1-17-12-18(2)14-22(13-17)27-19(3)15-21(20(27)4)16-25-26-24(28)10-11-29-23-8-6-5-7-9-23/h5-9,12-16H,10-11H2,1-4H3,(H,26,28)/b25-16+. The van der Waals surface area contributed by atoms with E-state index in [-0.39, 0.29) is 5.91 Å². The van der Waals surface area contributed by atoms with Gasteiger partial charge in [-0.2, -0.15) is 5.10 Å². The fourth-order valence-corrected chi connectivity index (χ4v) is 4.28. The first-order chi connectivity index (χ1) is 13.9.